The Balaban J connectivity index is 0.858. The lowest BCUT2D eigenvalue weighted by Gasteiger charge is -2.28. The van der Waals surface area contributed by atoms with Gasteiger partial charge in [0.1, 0.15) is 47.6 Å². The van der Waals surface area contributed by atoms with E-state index in [1.54, 1.807) is 0 Å². The van der Waals surface area contributed by atoms with Gasteiger partial charge in [-0.05, 0) is 154 Å². The smallest absolute Gasteiger partial charge is 0.134 e. The molecule has 0 fully saturated rings. The van der Waals surface area contributed by atoms with Crippen LogP contribution in [0.25, 0.3) is 76.0 Å². The van der Waals surface area contributed by atoms with E-state index in [4.69, 9.17) is 30.1 Å². The van der Waals surface area contributed by atoms with Crippen molar-refractivity contribution < 1.29 is 19.7 Å². The maximum Gasteiger partial charge on any atom is 0.134 e. The van der Waals surface area contributed by atoms with E-state index in [-0.39, 0.29) is 46.4 Å². The summed E-state index contributed by atoms with van der Waals surface area (Å²) in [5.41, 5.74) is 13.4. The zero-order valence-corrected chi connectivity index (χ0v) is 54.8. The van der Waals surface area contributed by atoms with Gasteiger partial charge >= 0.3 is 0 Å². The standard InChI is InChI=1S/C82H78N6O4/c1-79(2,3)61-35-53-31-57-39-63(81(7,8)9)41-59(77(57)91-45-65-43-87(85-83-65)69-29-25-51-21-19-47-15-13-17-49-23-27-67(69)73(51)71(47)49)33-55-37-62(80(4,5)6)38-56(76(55)90)34-60-42-64(82(10,11)12)40-58(32-54(36-61)75(53)89)78(60)92-46-66-44-88(86-84-66)70-30-26-52-22-20-48-16-14-18-50-24-28-68(70)74(52)72(48)50/h13-30,35-44,89-90H,31-34,45-46H2,1-12H3. The van der Waals surface area contributed by atoms with Crippen LogP contribution < -0.4 is 9.47 Å². The van der Waals surface area contributed by atoms with Crippen LogP contribution in [0.3, 0.4) is 0 Å². The van der Waals surface area contributed by atoms with Crippen molar-refractivity contribution in [2.45, 2.75) is 144 Å². The van der Waals surface area contributed by atoms with Crippen molar-refractivity contribution in [2.75, 3.05) is 0 Å². The second-order valence-corrected chi connectivity index (χ2v) is 30.0. The lowest BCUT2D eigenvalue weighted by molar-refractivity contribution is 0.295. The van der Waals surface area contributed by atoms with Gasteiger partial charge in [-0.25, -0.2) is 9.36 Å². The third-order valence-electron chi connectivity index (χ3n) is 19.3. The van der Waals surface area contributed by atoms with E-state index in [1.807, 2.05) is 21.8 Å². The molecule has 460 valence electrons. The van der Waals surface area contributed by atoms with Crippen LogP contribution >= 0.6 is 0 Å². The Morgan fingerprint density at radius 2 is 0.620 bits per heavy atom. The lowest BCUT2D eigenvalue weighted by Crippen LogP contribution is -2.16. The highest BCUT2D eigenvalue weighted by molar-refractivity contribution is 6.25. The molecular weight excluding hydrogens is 1130 g/mol. The number of nitrogens with zero attached hydrogens (tertiary/aromatic N) is 6. The molecule has 15 rings (SSSR count). The van der Waals surface area contributed by atoms with Gasteiger partial charge in [0.15, 0.2) is 0 Å². The lowest BCUT2D eigenvalue weighted by atomic mass is 9.79. The summed E-state index contributed by atoms with van der Waals surface area (Å²) in [5.74, 6) is 1.85. The summed E-state index contributed by atoms with van der Waals surface area (Å²) in [6, 6.07) is 56.8. The zero-order chi connectivity index (χ0) is 63.9. The average molecular weight is 1210 g/mol. The molecule has 0 spiro atoms. The molecule has 10 heteroatoms. The van der Waals surface area contributed by atoms with E-state index in [0.29, 0.717) is 48.6 Å². The largest absolute Gasteiger partial charge is 0.507 e. The maximum atomic E-state index is 13.1. The predicted molar refractivity (Wildman–Crippen MR) is 374 cm³/mol. The number of rotatable bonds is 8. The van der Waals surface area contributed by atoms with E-state index >= 15 is 0 Å². The van der Waals surface area contributed by atoms with Gasteiger partial charge in [0.25, 0.3) is 0 Å². The highest BCUT2D eigenvalue weighted by atomic mass is 16.5. The maximum absolute atomic E-state index is 13.1. The first kappa shape index (κ1) is 58.6. The fraction of sp³-hybridized carbons (Fsp3) is 0.268. The number of hydrogen-bond donors (Lipinski definition) is 2. The van der Waals surface area contributed by atoms with Crippen molar-refractivity contribution in [2.24, 2.45) is 0 Å². The summed E-state index contributed by atoms with van der Waals surface area (Å²) in [7, 11) is 0. The Labute approximate surface area is 537 Å². The zero-order valence-electron chi connectivity index (χ0n) is 54.8. The SMILES string of the molecule is CC(C)(C)c1cc2c(O)c(c1)Cc1cc(C(C)(C)C)cc(c1OCc1cn(-c3ccc4ccc5cccc6ccc3c4c56)nn1)Cc1cc(C(C)(C)C)cc(c1O)Cc1cc(C(C)(C)C)cc(c1OCc1cn(-c3ccc4ccc5cccc6ccc3c4c56)nn1)C2. The van der Waals surface area contributed by atoms with E-state index in [1.165, 1.54) is 53.9 Å². The molecule has 10 nitrogen and oxygen atoms in total. The molecular formula is C82H78N6O4. The molecule has 0 aliphatic heterocycles. The first-order valence-electron chi connectivity index (χ1n) is 32.3. The number of ether oxygens (including phenoxy) is 2. The van der Waals surface area contributed by atoms with Gasteiger partial charge in [0.05, 0.1) is 23.8 Å². The molecule has 2 N–H and O–H groups in total. The van der Waals surface area contributed by atoms with Gasteiger partial charge in [-0.1, -0.05) is 239 Å². The van der Waals surface area contributed by atoms with E-state index < -0.39 is 0 Å². The molecule has 2 aromatic heterocycles. The Bertz CT molecular complexity index is 4800. The summed E-state index contributed by atoms with van der Waals surface area (Å²) in [6.07, 6.45) is 5.40. The summed E-state index contributed by atoms with van der Waals surface area (Å²) in [5, 5.41) is 59.5. The van der Waals surface area contributed by atoms with Crippen molar-refractivity contribution in [1.82, 2.24) is 30.0 Å². The van der Waals surface area contributed by atoms with E-state index in [9.17, 15) is 10.2 Å². The van der Waals surface area contributed by atoms with E-state index in [0.717, 1.165) is 88.9 Å². The average Bonchev–Trinajstić information content (AvgIpc) is 1.04. The quantitative estimate of drug-likeness (QED) is 0.144. The van der Waals surface area contributed by atoms with Crippen LogP contribution in [0.5, 0.6) is 23.0 Å². The number of aromatic nitrogens is 6. The van der Waals surface area contributed by atoms with Gasteiger partial charge in [0.2, 0.25) is 0 Å². The molecule has 92 heavy (non-hydrogen) atoms. The Morgan fingerprint density at radius 1 is 0.348 bits per heavy atom. The van der Waals surface area contributed by atoms with Gasteiger partial charge in [-0.15, -0.1) is 10.2 Å². The van der Waals surface area contributed by atoms with Crippen LogP contribution in [0.1, 0.15) is 161 Å². The summed E-state index contributed by atoms with van der Waals surface area (Å²) < 4.78 is 18.2. The molecule has 0 radical (unpaired) electrons. The third-order valence-corrected chi connectivity index (χ3v) is 19.3. The van der Waals surface area contributed by atoms with Crippen molar-refractivity contribution in [3.8, 4) is 34.4 Å². The fourth-order valence-corrected chi connectivity index (χ4v) is 14.1. The van der Waals surface area contributed by atoms with Crippen molar-refractivity contribution in [3.63, 3.8) is 0 Å². The first-order valence-corrected chi connectivity index (χ1v) is 32.3. The molecule has 0 amide bonds. The minimum absolute atomic E-state index is 0.128. The summed E-state index contributed by atoms with van der Waals surface area (Å²) in [4.78, 5) is 0. The van der Waals surface area contributed by atoms with Crippen LogP contribution in [0, 0.1) is 0 Å². The number of aromatic hydroxyl groups is 2. The van der Waals surface area contributed by atoms with Crippen molar-refractivity contribution >= 4 is 64.6 Å². The highest BCUT2D eigenvalue weighted by Crippen LogP contribution is 2.46. The topological polar surface area (TPSA) is 120 Å². The van der Waals surface area contributed by atoms with Gasteiger partial charge < -0.3 is 19.7 Å². The summed E-state index contributed by atoms with van der Waals surface area (Å²) in [6.45, 7) is 27.1. The second kappa shape index (κ2) is 21.4. The molecule has 1 aliphatic rings. The molecule has 14 aromatic rings. The first-order chi connectivity index (χ1) is 43.9. The van der Waals surface area contributed by atoms with Gasteiger partial charge in [-0.3, -0.25) is 0 Å². The Kier molecular flexibility index (Phi) is 13.6. The highest BCUT2D eigenvalue weighted by Gasteiger charge is 2.30. The number of phenols is 2. The normalized spacial score (nSPS) is 13.4. The molecule has 1 aliphatic carbocycles. The summed E-state index contributed by atoms with van der Waals surface area (Å²) >= 11 is 0. The Hall–Kier alpha value is -9.80. The molecule has 0 unspecified atom stereocenters. The minimum Gasteiger partial charge on any atom is -0.507 e. The second-order valence-electron chi connectivity index (χ2n) is 30.0. The Morgan fingerprint density at radius 3 is 0.924 bits per heavy atom. The molecule has 0 atom stereocenters. The number of phenolic OH excluding ortho intramolecular Hbond substituents is 2. The van der Waals surface area contributed by atoms with Crippen molar-refractivity contribution in [1.29, 1.82) is 0 Å². The van der Waals surface area contributed by atoms with Crippen LogP contribution in [-0.4, -0.2) is 40.2 Å². The van der Waals surface area contributed by atoms with Gasteiger partial charge in [-0.2, -0.15) is 0 Å². The van der Waals surface area contributed by atoms with Crippen LogP contribution in [0.2, 0.25) is 0 Å². The fourth-order valence-electron chi connectivity index (χ4n) is 14.1. The van der Waals surface area contributed by atoms with Crippen LogP contribution in [-0.2, 0) is 60.6 Å². The number of fused-ring (bicyclic) bond motifs is 8. The van der Waals surface area contributed by atoms with Crippen molar-refractivity contribution in [3.05, 3.63) is 248 Å². The predicted octanol–water partition coefficient (Wildman–Crippen LogP) is 19.1. The molecule has 12 aromatic carbocycles. The van der Waals surface area contributed by atoms with Gasteiger partial charge in [0, 0.05) is 36.5 Å². The molecule has 8 bridgehead atoms. The number of benzene rings is 12. The third kappa shape index (κ3) is 10.4. The van der Waals surface area contributed by atoms with Crippen LogP contribution in [0.15, 0.2) is 170 Å². The van der Waals surface area contributed by atoms with E-state index in [2.05, 4.69) is 241 Å². The monoisotopic (exact) mass is 1210 g/mol. The molecule has 0 saturated carbocycles. The minimum atomic E-state index is -0.278. The molecule has 0 saturated heterocycles. The molecule has 2 heterocycles. The van der Waals surface area contributed by atoms with Crippen LogP contribution in [0.4, 0.5) is 0 Å². The number of hydrogen-bond acceptors (Lipinski definition) is 8.